The first-order valence-electron chi connectivity index (χ1n) is 8.50. The molecule has 0 saturated heterocycles. The Hall–Kier alpha value is -2.79. The van der Waals surface area contributed by atoms with Crippen molar-refractivity contribution >= 4 is 0 Å². The van der Waals surface area contributed by atoms with Gasteiger partial charge in [0.15, 0.2) is 11.5 Å². The number of nitrogens with zero attached hydrogens (tertiary/aromatic N) is 2. The molecule has 25 heavy (non-hydrogen) atoms. The molecule has 1 atom stereocenters. The fourth-order valence-electron chi connectivity index (χ4n) is 2.93. The minimum Gasteiger partial charge on any atom is -0.486 e. The van der Waals surface area contributed by atoms with Gasteiger partial charge >= 0.3 is 0 Å². The summed E-state index contributed by atoms with van der Waals surface area (Å²) in [5.41, 5.74) is 3.55. The summed E-state index contributed by atoms with van der Waals surface area (Å²) < 4.78 is 13.2. The number of hydrogen-bond donors (Lipinski definition) is 1. The Morgan fingerprint density at radius 2 is 1.88 bits per heavy atom. The zero-order valence-electron chi connectivity index (χ0n) is 14.2. The van der Waals surface area contributed by atoms with E-state index in [0.29, 0.717) is 13.2 Å². The lowest BCUT2D eigenvalue weighted by molar-refractivity contribution is 0.171. The molecule has 0 unspecified atom stereocenters. The Morgan fingerprint density at radius 3 is 2.64 bits per heavy atom. The third-order valence-corrected chi connectivity index (χ3v) is 4.41. The van der Waals surface area contributed by atoms with Crippen LogP contribution in [0.4, 0.5) is 0 Å². The van der Waals surface area contributed by atoms with Crippen LogP contribution in [-0.2, 0) is 6.54 Å². The molecule has 0 amide bonds. The van der Waals surface area contributed by atoms with Crippen molar-refractivity contribution in [3.05, 3.63) is 72.3 Å². The predicted molar refractivity (Wildman–Crippen MR) is 96.3 cm³/mol. The van der Waals surface area contributed by atoms with Crippen LogP contribution in [0.3, 0.4) is 0 Å². The van der Waals surface area contributed by atoms with E-state index >= 15 is 0 Å². The van der Waals surface area contributed by atoms with Gasteiger partial charge in [0.25, 0.3) is 0 Å². The fourth-order valence-corrected chi connectivity index (χ4v) is 2.93. The maximum absolute atomic E-state index is 5.64. The summed E-state index contributed by atoms with van der Waals surface area (Å²) in [5.74, 6) is 1.67. The molecule has 5 nitrogen and oxygen atoms in total. The van der Waals surface area contributed by atoms with Gasteiger partial charge in [0.2, 0.25) is 0 Å². The van der Waals surface area contributed by atoms with Gasteiger partial charge in [-0.2, -0.15) is 0 Å². The van der Waals surface area contributed by atoms with Gasteiger partial charge in [-0.1, -0.05) is 18.2 Å². The number of ether oxygens (including phenoxy) is 2. The number of benzene rings is 2. The van der Waals surface area contributed by atoms with E-state index in [1.54, 1.807) is 12.5 Å². The molecule has 4 rings (SSSR count). The number of hydrogen-bond acceptors (Lipinski definition) is 4. The average Bonchev–Trinajstić information content (AvgIpc) is 3.21. The third-order valence-electron chi connectivity index (χ3n) is 4.41. The van der Waals surface area contributed by atoms with E-state index in [1.165, 1.54) is 11.1 Å². The van der Waals surface area contributed by atoms with E-state index in [9.17, 15) is 0 Å². The first-order valence-corrected chi connectivity index (χ1v) is 8.50. The van der Waals surface area contributed by atoms with Gasteiger partial charge in [0.05, 0.1) is 6.33 Å². The van der Waals surface area contributed by atoms with Gasteiger partial charge in [-0.3, -0.25) is 0 Å². The van der Waals surface area contributed by atoms with Crippen LogP contribution < -0.4 is 14.8 Å². The first-order chi connectivity index (χ1) is 12.3. The smallest absolute Gasteiger partial charge is 0.161 e. The lowest BCUT2D eigenvalue weighted by Gasteiger charge is -2.20. The third kappa shape index (κ3) is 3.51. The van der Waals surface area contributed by atoms with Crippen molar-refractivity contribution in [2.45, 2.75) is 19.5 Å². The molecule has 2 heterocycles. The number of imidazole rings is 1. The van der Waals surface area contributed by atoms with Crippen LogP contribution in [0.5, 0.6) is 11.5 Å². The van der Waals surface area contributed by atoms with Gasteiger partial charge in [0.1, 0.15) is 13.2 Å². The van der Waals surface area contributed by atoms with Crippen LogP contribution >= 0.6 is 0 Å². The molecule has 1 aliphatic heterocycles. The van der Waals surface area contributed by atoms with E-state index in [-0.39, 0.29) is 6.04 Å². The maximum atomic E-state index is 5.64. The predicted octanol–water partition coefficient (Wildman–Crippen LogP) is 3.49. The van der Waals surface area contributed by atoms with E-state index in [1.807, 2.05) is 16.8 Å². The van der Waals surface area contributed by atoms with Crippen molar-refractivity contribution in [2.75, 3.05) is 13.2 Å². The molecule has 0 radical (unpaired) electrons. The standard InChI is InChI=1S/C20H21N3O2/c1-15(17-3-5-18(6-4-17)23-9-8-21-14-23)22-13-16-2-7-19-20(12-16)25-11-10-24-19/h2-9,12,14-15,22H,10-11,13H2,1H3/t15-/m1/s1. The van der Waals surface area contributed by atoms with Crippen LogP contribution in [-0.4, -0.2) is 22.8 Å². The number of aromatic nitrogens is 2. The number of fused-ring (bicyclic) bond motifs is 1. The Kier molecular flexibility index (Phi) is 4.39. The highest BCUT2D eigenvalue weighted by Gasteiger charge is 2.12. The summed E-state index contributed by atoms with van der Waals surface area (Å²) in [6.07, 6.45) is 5.53. The second-order valence-electron chi connectivity index (χ2n) is 6.14. The molecule has 2 aromatic carbocycles. The maximum Gasteiger partial charge on any atom is 0.161 e. The second kappa shape index (κ2) is 6.99. The van der Waals surface area contributed by atoms with Crippen LogP contribution in [0.2, 0.25) is 0 Å². The number of nitrogens with one attached hydrogen (secondary N) is 1. The van der Waals surface area contributed by atoms with Gasteiger partial charge < -0.3 is 19.4 Å². The summed E-state index contributed by atoms with van der Waals surface area (Å²) in [7, 11) is 0. The normalized spacial score (nSPS) is 14.3. The van der Waals surface area contributed by atoms with Crippen molar-refractivity contribution in [1.29, 1.82) is 0 Å². The summed E-state index contributed by atoms with van der Waals surface area (Å²) in [5, 5.41) is 3.56. The molecule has 0 saturated carbocycles. The Bertz CT molecular complexity index is 829. The molecular weight excluding hydrogens is 314 g/mol. The van der Waals surface area contributed by atoms with Crippen LogP contribution in [0.15, 0.2) is 61.2 Å². The molecule has 1 N–H and O–H groups in total. The van der Waals surface area contributed by atoms with Crippen molar-refractivity contribution in [1.82, 2.24) is 14.9 Å². The quantitative estimate of drug-likeness (QED) is 0.775. The highest BCUT2D eigenvalue weighted by molar-refractivity contribution is 5.44. The topological polar surface area (TPSA) is 48.3 Å². The minimum atomic E-state index is 0.255. The molecule has 0 spiro atoms. The van der Waals surface area contributed by atoms with Gasteiger partial charge in [-0.15, -0.1) is 0 Å². The van der Waals surface area contributed by atoms with Crippen molar-refractivity contribution < 1.29 is 9.47 Å². The minimum absolute atomic E-state index is 0.255. The molecule has 0 bridgehead atoms. The largest absolute Gasteiger partial charge is 0.486 e. The SMILES string of the molecule is C[C@@H](NCc1ccc2c(c1)OCCO2)c1ccc(-n2ccnc2)cc1. The Morgan fingerprint density at radius 1 is 1.08 bits per heavy atom. The lowest BCUT2D eigenvalue weighted by Crippen LogP contribution is -2.19. The molecule has 128 valence electrons. The Balaban J connectivity index is 1.39. The van der Waals surface area contributed by atoms with E-state index in [0.717, 1.165) is 23.7 Å². The average molecular weight is 335 g/mol. The van der Waals surface area contributed by atoms with Crippen LogP contribution in [0.25, 0.3) is 5.69 Å². The van der Waals surface area contributed by atoms with E-state index < -0.39 is 0 Å². The van der Waals surface area contributed by atoms with E-state index in [4.69, 9.17) is 9.47 Å². The van der Waals surface area contributed by atoms with Crippen LogP contribution in [0.1, 0.15) is 24.1 Å². The Labute approximate surface area is 147 Å². The van der Waals surface area contributed by atoms with Gasteiger partial charge in [0, 0.05) is 30.7 Å². The van der Waals surface area contributed by atoms with Crippen LogP contribution in [0, 0.1) is 0 Å². The zero-order valence-corrected chi connectivity index (χ0v) is 14.2. The summed E-state index contributed by atoms with van der Waals surface area (Å²) >= 11 is 0. The molecule has 5 heteroatoms. The monoisotopic (exact) mass is 335 g/mol. The van der Waals surface area contributed by atoms with Crippen molar-refractivity contribution in [3.63, 3.8) is 0 Å². The molecular formula is C20H21N3O2. The zero-order chi connectivity index (χ0) is 17.1. The summed E-state index contributed by atoms with van der Waals surface area (Å²) in [4.78, 5) is 4.08. The molecule has 0 aliphatic carbocycles. The molecule has 3 aromatic rings. The highest BCUT2D eigenvalue weighted by Crippen LogP contribution is 2.30. The van der Waals surface area contributed by atoms with Gasteiger partial charge in [-0.25, -0.2) is 4.98 Å². The van der Waals surface area contributed by atoms with E-state index in [2.05, 4.69) is 53.6 Å². The fraction of sp³-hybridized carbons (Fsp3) is 0.250. The van der Waals surface area contributed by atoms with Crippen molar-refractivity contribution in [3.8, 4) is 17.2 Å². The first kappa shape index (κ1) is 15.7. The van der Waals surface area contributed by atoms with Crippen molar-refractivity contribution in [2.24, 2.45) is 0 Å². The lowest BCUT2D eigenvalue weighted by atomic mass is 10.1. The molecule has 0 fully saturated rings. The summed E-state index contributed by atoms with van der Waals surface area (Å²) in [6, 6.07) is 14.9. The van der Waals surface area contributed by atoms with Gasteiger partial charge in [-0.05, 0) is 42.3 Å². The molecule has 1 aromatic heterocycles. The molecule has 1 aliphatic rings. The highest BCUT2D eigenvalue weighted by atomic mass is 16.6. The number of rotatable bonds is 5. The second-order valence-corrected chi connectivity index (χ2v) is 6.14. The summed E-state index contributed by atoms with van der Waals surface area (Å²) in [6.45, 7) is 4.19.